The summed E-state index contributed by atoms with van der Waals surface area (Å²) >= 11 is 0. The molecular formula is C27H24F2N4O2. The Morgan fingerprint density at radius 2 is 1.43 bits per heavy atom. The fourth-order valence-electron chi connectivity index (χ4n) is 4.04. The molecule has 0 atom stereocenters. The van der Waals surface area contributed by atoms with Crippen molar-refractivity contribution in [2.24, 2.45) is 0 Å². The number of rotatable bonds is 6. The molecule has 1 aliphatic rings. The van der Waals surface area contributed by atoms with Gasteiger partial charge in [-0.3, -0.25) is 4.79 Å². The quantitative estimate of drug-likeness (QED) is 0.407. The Labute approximate surface area is 202 Å². The normalized spacial score (nSPS) is 13.7. The largest absolute Gasteiger partial charge is 0.485 e. The molecular weight excluding hydrogens is 450 g/mol. The van der Waals surface area contributed by atoms with Gasteiger partial charge in [0.25, 0.3) is 5.91 Å². The highest BCUT2D eigenvalue weighted by Crippen LogP contribution is 2.24. The number of anilines is 1. The van der Waals surface area contributed by atoms with Crippen LogP contribution < -0.4 is 9.64 Å². The van der Waals surface area contributed by atoms with E-state index in [4.69, 9.17) is 4.74 Å². The Kier molecular flexibility index (Phi) is 6.43. The molecule has 3 aromatic carbocycles. The van der Waals surface area contributed by atoms with Crippen LogP contribution in [0.15, 0.2) is 85.1 Å². The Balaban J connectivity index is 1.36. The summed E-state index contributed by atoms with van der Waals surface area (Å²) in [5, 5.41) is 4.49. The monoisotopic (exact) mass is 474 g/mol. The Morgan fingerprint density at radius 3 is 2.09 bits per heavy atom. The lowest BCUT2D eigenvalue weighted by molar-refractivity contribution is 0.0735. The Morgan fingerprint density at radius 1 is 0.800 bits per heavy atom. The predicted molar refractivity (Wildman–Crippen MR) is 129 cm³/mol. The van der Waals surface area contributed by atoms with Gasteiger partial charge in [0.15, 0.2) is 11.4 Å². The molecule has 1 aromatic heterocycles. The van der Waals surface area contributed by atoms with Gasteiger partial charge >= 0.3 is 0 Å². The molecule has 0 radical (unpaired) electrons. The molecule has 6 nitrogen and oxygen atoms in total. The standard InChI is InChI=1S/C27H24F2N4O2/c28-21-8-6-20(7-9-21)19-35-25-18-33(24-12-10-22(29)11-13-24)30-26(25)27(34)32-16-14-31(15-17-32)23-4-2-1-3-5-23/h1-13,18H,14-17,19H2. The zero-order valence-electron chi connectivity index (χ0n) is 19.0. The predicted octanol–water partition coefficient (Wildman–Crippen LogP) is 4.69. The maximum atomic E-state index is 13.5. The topological polar surface area (TPSA) is 50.6 Å². The lowest BCUT2D eigenvalue weighted by Crippen LogP contribution is -2.49. The summed E-state index contributed by atoms with van der Waals surface area (Å²) in [5.41, 5.74) is 2.68. The maximum absolute atomic E-state index is 13.5. The molecule has 0 saturated carbocycles. The van der Waals surface area contributed by atoms with Gasteiger partial charge in [-0.05, 0) is 54.1 Å². The first-order valence-corrected chi connectivity index (χ1v) is 11.4. The molecule has 2 heterocycles. The highest BCUT2D eigenvalue weighted by molar-refractivity contribution is 5.95. The lowest BCUT2D eigenvalue weighted by atomic mass is 10.2. The average Bonchev–Trinajstić information content (AvgIpc) is 3.33. The Bertz CT molecular complexity index is 1280. The summed E-state index contributed by atoms with van der Waals surface area (Å²) < 4.78 is 34.1. The van der Waals surface area contributed by atoms with Crippen molar-refractivity contribution in [3.63, 3.8) is 0 Å². The third-order valence-electron chi connectivity index (χ3n) is 5.97. The smallest absolute Gasteiger partial charge is 0.278 e. The van der Waals surface area contributed by atoms with Crippen molar-refractivity contribution >= 4 is 11.6 Å². The second kappa shape index (κ2) is 9.97. The van der Waals surface area contributed by atoms with Gasteiger partial charge in [0.05, 0.1) is 11.9 Å². The fraction of sp³-hybridized carbons (Fsp3) is 0.185. The fourth-order valence-corrected chi connectivity index (χ4v) is 4.04. The van der Waals surface area contributed by atoms with Crippen molar-refractivity contribution in [3.05, 3.63) is 108 Å². The average molecular weight is 475 g/mol. The van der Waals surface area contributed by atoms with Gasteiger partial charge in [0.2, 0.25) is 0 Å². The first kappa shape index (κ1) is 22.6. The molecule has 0 aliphatic carbocycles. The van der Waals surface area contributed by atoms with E-state index in [0.717, 1.165) is 11.3 Å². The molecule has 35 heavy (non-hydrogen) atoms. The van der Waals surface area contributed by atoms with E-state index < -0.39 is 0 Å². The number of carbonyl (C=O) groups is 1. The van der Waals surface area contributed by atoms with Crippen LogP contribution in [-0.2, 0) is 6.61 Å². The van der Waals surface area contributed by atoms with Gasteiger partial charge in [-0.1, -0.05) is 30.3 Å². The first-order chi connectivity index (χ1) is 17.1. The highest BCUT2D eigenvalue weighted by atomic mass is 19.1. The van der Waals surface area contributed by atoms with Crippen LogP contribution in [0.2, 0.25) is 0 Å². The number of aromatic nitrogens is 2. The molecule has 4 aromatic rings. The van der Waals surface area contributed by atoms with Crippen molar-refractivity contribution in [1.29, 1.82) is 0 Å². The number of halogens is 2. The minimum atomic E-state index is -0.360. The minimum Gasteiger partial charge on any atom is -0.485 e. The molecule has 1 aliphatic heterocycles. The van der Waals surface area contributed by atoms with Crippen molar-refractivity contribution in [2.45, 2.75) is 6.61 Å². The van der Waals surface area contributed by atoms with Crippen LogP contribution in [-0.4, -0.2) is 46.8 Å². The van der Waals surface area contributed by atoms with Crippen LogP contribution in [0.25, 0.3) is 5.69 Å². The summed E-state index contributed by atoms with van der Waals surface area (Å²) in [5.74, 6) is -0.605. The van der Waals surface area contributed by atoms with E-state index in [1.165, 1.54) is 28.9 Å². The number of amides is 1. The first-order valence-electron chi connectivity index (χ1n) is 11.4. The van der Waals surface area contributed by atoms with Crippen LogP contribution in [0.3, 0.4) is 0 Å². The molecule has 178 valence electrons. The number of ether oxygens (including phenoxy) is 1. The van der Waals surface area contributed by atoms with Gasteiger partial charge in [0.1, 0.15) is 18.2 Å². The van der Waals surface area contributed by atoms with Crippen LogP contribution in [0.1, 0.15) is 16.1 Å². The molecule has 5 rings (SSSR count). The minimum absolute atomic E-state index is 0.150. The van der Waals surface area contributed by atoms with Crippen molar-refractivity contribution < 1.29 is 18.3 Å². The van der Waals surface area contributed by atoms with E-state index in [0.29, 0.717) is 37.6 Å². The number of hydrogen-bond acceptors (Lipinski definition) is 4. The number of benzene rings is 3. The highest BCUT2D eigenvalue weighted by Gasteiger charge is 2.27. The third-order valence-corrected chi connectivity index (χ3v) is 5.97. The zero-order chi connectivity index (χ0) is 24.2. The number of piperazine rings is 1. The molecule has 0 N–H and O–H groups in total. The van der Waals surface area contributed by atoms with Crippen LogP contribution in [0.4, 0.5) is 14.5 Å². The summed E-state index contributed by atoms with van der Waals surface area (Å²) in [6.07, 6.45) is 1.62. The zero-order valence-corrected chi connectivity index (χ0v) is 19.0. The van der Waals surface area contributed by atoms with Gasteiger partial charge < -0.3 is 14.5 Å². The number of para-hydroxylation sites is 1. The van der Waals surface area contributed by atoms with Crippen LogP contribution >= 0.6 is 0 Å². The summed E-state index contributed by atoms with van der Waals surface area (Å²) in [6.45, 7) is 2.67. The van der Waals surface area contributed by atoms with E-state index in [9.17, 15) is 13.6 Å². The van der Waals surface area contributed by atoms with E-state index in [1.807, 2.05) is 18.2 Å². The second-order valence-corrected chi connectivity index (χ2v) is 8.29. The van der Waals surface area contributed by atoms with Gasteiger partial charge in [0, 0.05) is 31.9 Å². The number of hydrogen-bond donors (Lipinski definition) is 0. The van der Waals surface area contributed by atoms with Gasteiger partial charge in [-0.15, -0.1) is 0 Å². The molecule has 1 saturated heterocycles. The van der Waals surface area contributed by atoms with E-state index in [2.05, 4.69) is 22.1 Å². The van der Waals surface area contributed by atoms with Crippen molar-refractivity contribution in [1.82, 2.24) is 14.7 Å². The summed E-state index contributed by atoms with van der Waals surface area (Å²) in [6, 6.07) is 21.9. The summed E-state index contributed by atoms with van der Waals surface area (Å²) in [4.78, 5) is 17.5. The molecule has 1 fully saturated rings. The molecule has 0 bridgehead atoms. The van der Waals surface area contributed by atoms with Crippen molar-refractivity contribution in [2.75, 3.05) is 31.1 Å². The second-order valence-electron chi connectivity index (χ2n) is 8.29. The molecule has 0 spiro atoms. The van der Waals surface area contributed by atoms with E-state index in [-0.39, 0.29) is 29.8 Å². The SMILES string of the molecule is O=C(c1nn(-c2ccc(F)cc2)cc1OCc1ccc(F)cc1)N1CCN(c2ccccc2)CC1. The summed E-state index contributed by atoms with van der Waals surface area (Å²) in [7, 11) is 0. The van der Waals surface area contributed by atoms with Crippen molar-refractivity contribution in [3.8, 4) is 11.4 Å². The lowest BCUT2D eigenvalue weighted by Gasteiger charge is -2.35. The number of nitrogens with zero attached hydrogens (tertiary/aromatic N) is 4. The third kappa shape index (κ3) is 5.16. The van der Waals surface area contributed by atoms with Crippen LogP contribution in [0, 0.1) is 11.6 Å². The molecule has 1 amide bonds. The number of carbonyl (C=O) groups excluding carboxylic acids is 1. The maximum Gasteiger partial charge on any atom is 0.278 e. The van der Waals surface area contributed by atoms with Crippen LogP contribution in [0.5, 0.6) is 5.75 Å². The van der Waals surface area contributed by atoms with Gasteiger partial charge in [-0.2, -0.15) is 5.10 Å². The molecule has 0 unspecified atom stereocenters. The van der Waals surface area contributed by atoms with E-state index >= 15 is 0 Å². The molecule has 8 heteroatoms. The van der Waals surface area contributed by atoms with E-state index in [1.54, 1.807) is 35.4 Å². The van der Waals surface area contributed by atoms with Gasteiger partial charge in [-0.25, -0.2) is 13.5 Å². The Hall–Kier alpha value is -4.20.